The second-order valence-electron chi connectivity index (χ2n) is 5.32. The van der Waals surface area contributed by atoms with Crippen molar-refractivity contribution in [2.24, 2.45) is 0 Å². The Balaban J connectivity index is 2.29. The average molecular weight is 284 g/mol. The van der Waals surface area contributed by atoms with Gasteiger partial charge >= 0.3 is 0 Å². The van der Waals surface area contributed by atoms with E-state index in [1.54, 1.807) is 7.11 Å². The summed E-state index contributed by atoms with van der Waals surface area (Å²) in [5, 5.41) is 3.42. The molecule has 0 saturated heterocycles. The minimum Gasteiger partial charge on any atom is -0.496 e. The normalized spacial score (nSPS) is 10.7. The summed E-state index contributed by atoms with van der Waals surface area (Å²) in [5.74, 6) is 0.865. The van der Waals surface area contributed by atoms with Gasteiger partial charge in [-0.15, -0.1) is 0 Å². The van der Waals surface area contributed by atoms with E-state index in [0.29, 0.717) is 0 Å². The van der Waals surface area contributed by atoms with Gasteiger partial charge in [0.15, 0.2) is 0 Å². The number of aromatic nitrogens is 1. The first kappa shape index (κ1) is 15.5. The van der Waals surface area contributed by atoms with E-state index >= 15 is 0 Å². The third kappa shape index (κ3) is 3.82. The molecule has 1 aromatic carbocycles. The molecule has 0 unspecified atom stereocenters. The van der Waals surface area contributed by atoms with E-state index in [1.165, 1.54) is 11.1 Å². The van der Waals surface area contributed by atoms with Crippen molar-refractivity contribution in [2.45, 2.75) is 33.7 Å². The third-order valence-corrected chi connectivity index (χ3v) is 3.57. The maximum atomic E-state index is 5.45. The zero-order valence-corrected chi connectivity index (χ0v) is 13.4. The summed E-state index contributed by atoms with van der Waals surface area (Å²) in [6, 6.07) is 10.4. The van der Waals surface area contributed by atoms with Crippen LogP contribution in [0.2, 0.25) is 0 Å². The van der Waals surface area contributed by atoms with Crippen LogP contribution in [0, 0.1) is 13.8 Å². The van der Waals surface area contributed by atoms with Crippen molar-refractivity contribution in [3.63, 3.8) is 0 Å². The maximum absolute atomic E-state index is 5.45. The standard InChI is InChI=1S/C18H24N2O/c1-5-10-19-12-15-7-8-17(20-14(15)3)16-11-13(2)6-9-18(16)21-4/h6-9,11,19H,5,10,12H2,1-4H3. The molecule has 0 spiro atoms. The molecule has 0 saturated carbocycles. The highest BCUT2D eigenvalue weighted by Crippen LogP contribution is 2.30. The van der Waals surface area contributed by atoms with Crippen LogP contribution in [-0.4, -0.2) is 18.6 Å². The summed E-state index contributed by atoms with van der Waals surface area (Å²) in [6.07, 6.45) is 1.14. The van der Waals surface area contributed by atoms with Gasteiger partial charge in [-0.3, -0.25) is 4.98 Å². The average Bonchev–Trinajstić information content (AvgIpc) is 2.49. The largest absolute Gasteiger partial charge is 0.496 e. The smallest absolute Gasteiger partial charge is 0.128 e. The summed E-state index contributed by atoms with van der Waals surface area (Å²) in [5.41, 5.74) is 5.54. The van der Waals surface area contributed by atoms with Crippen LogP contribution >= 0.6 is 0 Å². The van der Waals surface area contributed by atoms with Gasteiger partial charge in [-0.05, 0) is 50.6 Å². The van der Waals surface area contributed by atoms with Crippen molar-refractivity contribution in [3.05, 3.63) is 47.2 Å². The van der Waals surface area contributed by atoms with E-state index in [9.17, 15) is 0 Å². The Morgan fingerprint density at radius 3 is 2.62 bits per heavy atom. The molecule has 0 amide bonds. The van der Waals surface area contributed by atoms with E-state index < -0.39 is 0 Å². The number of rotatable bonds is 6. The Hall–Kier alpha value is -1.87. The van der Waals surface area contributed by atoms with Crippen LogP contribution in [0.1, 0.15) is 30.2 Å². The monoisotopic (exact) mass is 284 g/mol. The lowest BCUT2D eigenvalue weighted by atomic mass is 10.1. The first-order valence-corrected chi connectivity index (χ1v) is 7.48. The topological polar surface area (TPSA) is 34.1 Å². The van der Waals surface area contributed by atoms with Gasteiger partial charge in [0, 0.05) is 17.8 Å². The minimum atomic E-state index is 0.865. The van der Waals surface area contributed by atoms with Crippen molar-refractivity contribution in [3.8, 4) is 17.0 Å². The van der Waals surface area contributed by atoms with Gasteiger partial charge < -0.3 is 10.1 Å². The minimum absolute atomic E-state index is 0.865. The van der Waals surface area contributed by atoms with Gasteiger partial charge in [-0.2, -0.15) is 0 Å². The molecule has 0 fully saturated rings. The molecular formula is C18H24N2O. The number of benzene rings is 1. The van der Waals surface area contributed by atoms with Crippen LogP contribution in [0.15, 0.2) is 30.3 Å². The van der Waals surface area contributed by atoms with Crippen molar-refractivity contribution in [1.29, 1.82) is 0 Å². The van der Waals surface area contributed by atoms with E-state index in [-0.39, 0.29) is 0 Å². The summed E-state index contributed by atoms with van der Waals surface area (Å²) in [4.78, 5) is 4.75. The van der Waals surface area contributed by atoms with Crippen LogP contribution in [0.5, 0.6) is 5.75 Å². The molecule has 1 N–H and O–H groups in total. The highest BCUT2D eigenvalue weighted by molar-refractivity contribution is 5.68. The van der Waals surface area contributed by atoms with E-state index in [2.05, 4.69) is 50.4 Å². The van der Waals surface area contributed by atoms with E-state index in [0.717, 1.165) is 42.2 Å². The zero-order chi connectivity index (χ0) is 15.2. The fourth-order valence-corrected chi connectivity index (χ4v) is 2.35. The Morgan fingerprint density at radius 1 is 1.14 bits per heavy atom. The van der Waals surface area contributed by atoms with Gasteiger partial charge in [0.25, 0.3) is 0 Å². The predicted octanol–water partition coefficient (Wildman–Crippen LogP) is 3.87. The Labute approximate surface area is 127 Å². The number of nitrogens with one attached hydrogen (secondary N) is 1. The molecule has 0 radical (unpaired) electrons. The molecule has 0 atom stereocenters. The van der Waals surface area contributed by atoms with Gasteiger partial charge in [0.2, 0.25) is 0 Å². The van der Waals surface area contributed by atoms with Gasteiger partial charge in [0.05, 0.1) is 12.8 Å². The van der Waals surface area contributed by atoms with Crippen molar-refractivity contribution >= 4 is 0 Å². The molecule has 1 heterocycles. The molecule has 2 aromatic rings. The van der Waals surface area contributed by atoms with Crippen LogP contribution < -0.4 is 10.1 Å². The summed E-state index contributed by atoms with van der Waals surface area (Å²) in [6.45, 7) is 8.23. The Kier molecular flexibility index (Phi) is 5.34. The lowest BCUT2D eigenvalue weighted by Crippen LogP contribution is -2.15. The van der Waals surface area contributed by atoms with Crippen LogP contribution in [-0.2, 0) is 6.54 Å². The maximum Gasteiger partial charge on any atom is 0.128 e. The van der Waals surface area contributed by atoms with Gasteiger partial charge in [-0.1, -0.05) is 24.6 Å². The van der Waals surface area contributed by atoms with Gasteiger partial charge in [-0.25, -0.2) is 0 Å². The molecule has 0 bridgehead atoms. The predicted molar refractivity (Wildman–Crippen MR) is 87.7 cm³/mol. The molecule has 3 nitrogen and oxygen atoms in total. The molecule has 0 aliphatic heterocycles. The van der Waals surface area contributed by atoms with Crippen molar-refractivity contribution < 1.29 is 4.74 Å². The SMILES string of the molecule is CCCNCc1ccc(-c2cc(C)ccc2OC)nc1C. The number of aryl methyl sites for hydroxylation is 2. The van der Waals surface area contributed by atoms with Gasteiger partial charge in [0.1, 0.15) is 5.75 Å². The first-order valence-electron chi connectivity index (χ1n) is 7.48. The Bertz CT molecular complexity index is 608. The number of ether oxygens (including phenoxy) is 1. The van der Waals surface area contributed by atoms with E-state index in [4.69, 9.17) is 9.72 Å². The Morgan fingerprint density at radius 2 is 1.95 bits per heavy atom. The summed E-state index contributed by atoms with van der Waals surface area (Å²) in [7, 11) is 1.70. The quantitative estimate of drug-likeness (QED) is 0.818. The molecule has 0 aliphatic carbocycles. The third-order valence-electron chi connectivity index (χ3n) is 3.57. The first-order chi connectivity index (χ1) is 10.2. The number of hydrogen-bond donors (Lipinski definition) is 1. The molecule has 3 heteroatoms. The van der Waals surface area contributed by atoms with Crippen LogP contribution in [0.25, 0.3) is 11.3 Å². The van der Waals surface area contributed by atoms with Crippen LogP contribution in [0.4, 0.5) is 0 Å². The lowest BCUT2D eigenvalue weighted by Gasteiger charge is -2.12. The molecule has 112 valence electrons. The summed E-state index contributed by atoms with van der Waals surface area (Å²) < 4.78 is 5.45. The zero-order valence-electron chi connectivity index (χ0n) is 13.4. The van der Waals surface area contributed by atoms with E-state index in [1.807, 2.05) is 6.07 Å². The molecule has 1 aromatic heterocycles. The second kappa shape index (κ2) is 7.23. The highest BCUT2D eigenvalue weighted by atomic mass is 16.5. The second-order valence-corrected chi connectivity index (χ2v) is 5.32. The summed E-state index contributed by atoms with van der Waals surface area (Å²) >= 11 is 0. The van der Waals surface area contributed by atoms with Crippen molar-refractivity contribution in [1.82, 2.24) is 10.3 Å². The molecule has 2 rings (SSSR count). The highest BCUT2D eigenvalue weighted by Gasteiger charge is 2.09. The number of pyridine rings is 1. The fourth-order valence-electron chi connectivity index (χ4n) is 2.35. The molecular weight excluding hydrogens is 260 g/mol. The number of methoxy groups -OCH3 is 1. The van der Waals surface area contributed by atoms with Crippen LogP contribution in [0.3, 0.4) is 0 Å². The molecule has 21 heavy (non-hydrogen) atoms. The lowest BCUT2D eigenvalue weighted by molar-refractivity contribution is 0.416. The number of nitrogens with zero attached hydrogens (tertiary/aromatic N) is 1. The fraction of sp³-hybridized carbons (Fsp3) is 0.389. The van der Waals surface area contributed by atoms with Crippen molar-refractivity contribution in [2.75, 3.05) is 13.7 Å². The number of hydrogen-bond acceptors (Lipinski definition) is 3. The molecule has 0 aliphatic rings.